The predicted molar refractivity (Wildman–Crippen MR) is 95.7 cm³/mol. The molecule has 24 heavy (non-hydrogen) atoms. The molecule has 0 bridgehead atoms. The average molecular weight is 317 g/mol. The first-order valence-electron chi connectivity index (χ1n) is 8.34. The lowest BCUT2D eigenvalue weighted by molar-refractivity contribution is 0.442. The van der Waals surface area contributed by atoms with Gasteiger partial charge in [-0.1, -0.05) is 12.1 Å². The highest BCUT2D eigenvalue weighted by Gasteiger charge is 2.32. The van der Waals surface area contributed by atoms with E-state index in [1.807, 2.05) is 12.3 Å². The zero-order chi connectivity index (χ0) is 16.1. The number of hydrogen-bond acceptors (Lipinski definition) is 4. The van der Waals surface area contributed by atoms with Gasteiger partial charge >= 0.3 is 0 Å². The fourth-order valence-corrected chi connectivity index (χ4v) is 3.92. The number of aromatic nitrogens is 3. The minimum absolute atomic E-state index is 0.644. The smallest absolute Gasteiger partial charge is 0.151 e. The van der Waals surface area contributed by atoms with E-state index >= 15 is 0 Å². The van der Waals surface area contributed by atoms with Crippen LogP contribution < -0.4 is 4.90 Å². The Labute approximate surface area is 140 Å². The number of hydrogen-bond donors (Lipinski definition) is 1. The fraction of sp³-hybridized carbons (Fsp3) is 0.263. The molecule has 5 nitrogen and oxygen atoms in total. The van der Waals surface area contributed by atoms with Crippen molar-refractivity contribution in [1.82, 2.24) is 20.1 Å². The Hall–Kier alpha value is -2.82. The lowest BCUT2D eigenvalue weighted by Crippen LogP contribution is -2.25. The summed E-state index contributed by atoms with van der Waals surface area (Å²) in [4.78, 5) is 7.86. The Bertz CT molecular complexity index is 924. The Morgan fingerprint density at radius 3 is 2.88 bits per heavy atom. The summed E-state index contributed by atoms with van der Waals surface area (Å²) in [7, 11) is 2.14. The molecule has 1 aromatic carbocycles. The van der Waals surface area contributed by atoms with Gasteiger partial charge in [-0.25, -0.2) is 0 Å². The summed E-state index contributed by atoms with van der Waals surface area (Å²) >= 11 is 0. The van der Waals surface area contributed by atoms with Crippen LogP contribution in [0.3, 0.4) is 0 Å². The Balaban J connectivity index is 1.44. The summed E-state index contributed by atoms with van der Waals surface area (Å²) in [6, 6.07) is 12.5. The number of aromatic amines is 1. The third-order valence-electron chi connectivity index (χ3n) is 5.08. The van der Waals surface area contributed by atoms with E-state index in [-0.39, 0.29) is 0 Å². The van der Waals surface area contributed by atoms with E-state index in [0.29, 0.717) is 5.92 Å². The molecule has 2 aromatic heterocycles. The van der Waals surface area contributed by atoms with Crippen LogP contribution in [0.4, 0.5) is 5.82 Å². The van der Waals surface area contributed by atoms with Crippen LogP contribution >= 0.6 is 0 Å². The van der Waals surface area contributed by atoms with E-state index in [2.05, 4.69) is 68.6 Å². The molecular weight excluding hydrogens is 298 g/mol. The van der Waals surface area contributed by atoms with Gasteiger partial charge < -0.3 is 14.8 Å². The van der Waals surface area contributed by atoms with E-state index in [1.54, 1.807) is 0 Å². The van der Waals surface area contributed by atoms with Gasteiger partial charge in [0.15, 0.2) is 5.82 Å². The lowest BCUT2D eigenvalue weighted by Gasteiger charge is -2.18. The second kappa shape index (κ2) is 5.09. The molecule has 4 heterocycles. The Morgan fingerprint density at radius 2 is 2.04 bits per heavy atom. The van der Waals surface area contributed by atoms with Gasteiger partial charge in [0.1, 0.15) is 0 Å². The van der Waals surface area contributed by atoms with Crippen molar-refractivity contribution in [2.45, 2.75) is 0 Å². The highest BCUT2D eigenvalue weighted by molar-refractivity contribution is 5.94. The molecule has 3 aromatic rings. The maximum Gasteiger partial charge on any atom is 0.151 e. The number of benzene rings is 1. The van der Waals surface area contributed by atoms with Crippen molar-refractivity contribution in [2.75, 3.05) is 31.6 Å². The average Bonchev–Trinajstić information content (AvgIpc) is 3.28. The predicted octanol–water partition coefficient (Wildman–Crippen LogP) is 2.89. The first kappa shape index (κ1) is 13.6. The maximum atomic E-state index is 4.50. The molecule has 120 valence electrons. The van der Waals surface area contributed by atoms with Gasteiger partial charge in [0.05, 0.1) is 5.69 Å². The number of fused-ring (bicyclic) bond motifs is 2. The summed E-state index contributed by atoms with van der Waals surface area (Å²) in [5.74, 6) is 1.61. The van der Waals surface area contributed by atoms with Crippen LogP contribution in [0.5, 0.6) is 0 Å². The monoisotopic (exact) mass is 317 g/mol. The lowest BCUT2D eigenvalue weighted by atomic mass is 10.1. The van der Waals surface area contributed by atoms with Gasteiger partial charge in [0.25, 0.3) is 0 Å². The highest BCUT2D eigenvalue weighted by Crippen LogP contribution is 2.32. The largest absolute Gasteiger partial charge is 0.380 e. The van der Waals surface area contributed by atoms with Gasteiger partial charge in [-0.3, -0.25) is 0 Å². The molecule has 1 atom stereocenters. The van der Waals surface area contributed by atoms with Gasteiger partial charge in [0.2, 0.25) is 0 Å². The van der Waals surface area contributed by atoms with E-state index in [9.17, 15) is 0 Å². The first-order valence-corrected chi connectivity index (χ1v) is 8.34. The van der Waals surface area contributed by atoms with Crippen molar-refractivity contribution in [3.8, 4) is 11.3 Å². The van der Waals surface area contributed by atoms with Crippen LogP contribution in [0.15, 0.2) is 54.4 Å². The minimum atomic E-state index is 0.644. The number of H-pyrrole nitrogens is 1. The molecule has 2 aliphatic heterocycles. The number of nitrogens with zero attached hydrogens (tertiary/aromatic N) is 4. The molecule has 0 aliphatic carbocycles. The van der Waals surface area contributed by atoms with Crippen LogP contribution in [-0.2, 0) is 0 Å². The van der Waals surface area contributed by atoms with Crippen LogP contribution in [0.2, 0.25) is 0 Å². The molecule has 1 fully saturated rings. The second-order valence-corrected chi connectivity index (χ2v) is 6.74. The quantitative estimate of drug-likeness (QED) is 0.789. The summed E-state index contributed by atoms with van der Waals surface area (Å²) < 4.78 is 0. The molecule has 0 radical (unpaired) electrons. The molecule has 0 amide bonds. The number of anilines is 1. The third kappa shape index (κ3) is 2.08. The van der Waals surface area contributed by atoms with Crippen molar-refractivity contribution in [2.24, 2.45) is 5.92 Å². The fourth-order valence-electron chi connectivity index (χ4n) is 3.92. The summed E-state index contributed by atoms with van der Waals surface area (Å²) in [5.41, 5.74) is 4.68. The van der Waals surface area contributed by atoms with E-state index < -0.39 is 0 Å². The molecule has 5 heteroatoms. The molecule has 0 saturated carbocycles. The normalized spacial score (nSPS) is 19.9. The molecule has 2 aliphatic rings. The van der Waals surface area contributed by atoms with Crippen molar-refractivity contribution in [3.63, 3.8) is 0 Å². The third-order valence-corrected chi connectivity index (χ3v) is 5.08. The van der Waals surface area contributed by atoms with Crippen molar-refractivity contribution < 1.29 is 0 Å². The molecule has 5 rings (SSSR count). The SMILES string of the molecule is CN1C=C2CN(c3ccc(-c4cccc5[nH]ccc45)nn3)CC2C1. The Morgan fingerprint density at radius 1 is 1.08 bits per heavy atom. The molecular formula is C19H19N5. The van der Waals surface area contributed by atoms with Crippen LogP contribution in [0, 0.1) is 5.92 Å². The van der Waals surface area contributed by atoms with Crippen molar-refractivity contribution in [1.29, 1.82) is 0 Å². The Kier molecular flexibility index (Phi) is 2.89. The molecule has 1 N–H and O–H groups in total. The van der Waals surface area contributed by atoms with Crippen molar-refractivity contribution >= 4 is 16.7 Å². The van der Waals surface area contributed by atoms with Crippen LogP contribution in [0.1, 0.15) is 0 Å². The summed E-state index contributed by atoms with van der Waals surface area (Å²) in [6.07, 6.45) is 4.24. The molecule has 1 saturated heterocycles. The zero-order valence-corrected chi connectivity index (χ0v) is 13.6. The van der Waals surface area contributed by atoms with E-state index in [4.69, 9.17) is 0 Å². The van der Waals surface area contributed by atoms with Gasteiger partial charge in [0, 0.05) is 61.5 Å². The summed E-state index contributed by atoms with van der Waals surface area (Å²) in [6.45, 7) is 3.13. The molecule has 1 unspecified atom stereocenters. The van der Waals surface area contributed by atoms with Gasteiger partial charge in [-0.05, 0) is 29.8 Å². The van der Waals surface area contributed by atoms with Gasteiger partial charge in [-0.15, -0.1) is 10.2 Å². The van der Waals surface area contributed by atoms with Gasteiger partial charge in [-0.2, -0.15) is 0 Å². The second-order valence-electron chi connectivity index (χ2n) is 6.74. The highest BCUT2D eigenvalue weighted by atomic mass is 15.3. The topological polar surface area (TPSA) is 48.0 Å². The molecule has 0 spiro atoms. The standard InChI is InChI=1S/C19H19N5/c1-23-9-13-11-24(12-14(13)10-23)19-6-5-18(21-22-19)15-3-2-4-17-16(15)7-8-20-17/h2-9,14,20H,10-12H2,1H3. The van der Waals surface area contributed by atoms with E-state index in [1.165, 1.54) is 11.0 Å². The zero-order valence-electron chi connectivity index (χ0n) is 13.6. The van der Waals surface area contributed by atoms with Crippen molar-refractivity contribution in [3.05, 3.63) is 54.4 Å². The van der Waals surface area contributed by atoms with Crippen LogP contribution in [-0.4, -0.2) is 46.8 Å². The number of rotatable bonds is 2. The minimum Gasteiger partial charge on any atom is -0.380 e. The first-order chi connectivity index (χ1) is 11.8. The van der Waals surface area contributed by atoms with Crippen LogP contribution in [0.25, 0.3) is 22.2 Å². The maximum absolute atomic E-state index is 4.50. The summed E-state index contributed by atoms with van der Waals surface area (Å²) in [5, 5.41) is 10.2. The van der Waals surface area contributed by atoms with E-state index in [0.717, 1.165) is 42.2 Å². The number of nitrogens with one attached hydrogen (secondary N) is 1.